The van der Waals surface area contributed by atoms with Crippen LogP contribution in [0, 0.1) is 6.92 Å². The standard InChI is InChI=1S/C34H46/c1-7-8-9-10-11-12-13-14-28-17-21-30(22-18-28)34(5,6)32-25-23-31(24-26-32)33(3,4)29-19-15-27(2)16-20-29/h15-26H,7-14H2,1-6H3. The Morgan fingerprint density at radius 2 is 0.824 bits per heavy atom. The smallest absolute Gasteiger partial charge is 0.0146 e. The molecule has 0 saturated carbocycles. The van der Waals surface area contributed by atoms with Crippen LogP contribution in [0.2, 0.25) is 0 Å². The van der Waals surface area contributed by atoms with E-state index in [4.69, 9.17) is 0 Å². The molecule has 0 fully saturated rings. The summed E-state index contributed by atoms with van der Waals surface area (Å²) in [6, 6.07) is 27.7. The molecule has 34 heavy (non-hydrogen) atoms. The van der Waals surface area contributed by atoms with E-state index in [1.165, 1.54) is 84.7 Å². The van der Waals surface area contributed by atoms with Crippen molar-refractivity contribution in [2.24, 2.45) is 0 Å². The summed E-state index contributed by atoms with van der Waals surface area (Å²) in [5.41, 5.74) is 8.26. The molecule has 0 aliphatic carbocycles. The highest BCUT2D eigenvalue weighted by Gasteiger charge is 2.26. The van der Waals surface area contributed by atoms with Crippen LogP contribution in [-0.4, -0.2) is 0 Å². The van der Waals surface area contributed by atoms with Crippen molar-refractivity contribution < 1.29 is 0 Å². The van der Waals surface area contributed by atoms with Gasteiger partial charge in [0.15, 0.2) is 0 Å². The van der Waals surface area contributed by atoms with Gasteiger partial charge in [-0.1, -0.05) is 152 Å². The first-order valence-electron chi connectivity index (χ1n) is 13.5. The molecule has 0 N–H and O–H groups in total. The summed E-state index contributed by atoms with van der Waals surface area (Å²) in [6.07, 6.45) is 10.8. The number of hydrogen-bond donors (Lipinski definition) is 0. The maximum atomic E-state index is 2.35. The fraction of sp³-hybridized carbons (Fsp3) is 0.471. The Kier molecular flexibility index (Phi) is 9.17. The van der Waals surface area contributed by atoms with Crippen LogP contribution in [0.15, 0.2) is 72.8 Å². The molecule has 0 radical (unpaired) electrons. The maximum Gasteiger partial charge on any atom is 0.0146 e. The van der Waals surface area contributed by atoms with Crippen molar-refractivity contribution in [2.75, 3.05) is 0 Å². The normalized spacial score (nSPS) is 12.2. The van der Waals surface area contributed by atoms with E-state index >= 15 is 0 Å². The lowest BCUT2D eigenvalue weighted by atomic mass is 9.74. The molecule has 3 aromatic rings. The van der Waals surface area contributed by atoms with Gasteiger partial charge in [0.1, 0.15) is 0 Å². The van der Waals surface area contributed by atoms with Crippen LogP contribution in [0.25, 0.3) is 0 Å². The topological polar surface area (TPSA) is 0 Å². The second-order valence-electron chi connectivity index (χ2n) is 11.3. The zero-order chi connectivity index (χ0) is 24.6. The predicted molar refractivity (Wildman–Crippen MR) is 150 cm³/mol. The van der Waals surface area contributed by atoms with E-state index in [0.29, 0.717) is 0 Å². The zero-order valence-electron chi connectivity index (χ0n) is 22.6. The van der Waals surface area contributed by atoms with Gasteiger partial charge >= 0.3 is 0 Å². The van der Waals surface area contributed by atoms with E-state index < -0.39 is 0 Å². The van der Waals surface area contributed by atoms with Crippen LogP contribution in [0.4, 0.5) is 0 Å². The van der Waals surface area contributed by atoms with Gasteiger partial charge in [-0.05, 0) is 47.6 Å². The molecule has 0 saturated heterocycles. The van der Waals surface area contributed by atoms with Crippen molar-refractivity contribution >= 4 is 0 Å². The minimum atomic E-state index is -0.00958. The van der Waals surface area contributed by atoms with Crippen molar-refractivity contribution in [3.05, 3.63) is 106 Å². The van der Waals surface area contributed by atoms with Gasteiger partial charge < -0.3 is 0 Å². The molecular formula is C34H46. The zero-order valence-corrected chi connectivity index (χ0v) is 22.6. The average Bonchev–Trinajstić information content (AvgIpc) is 2.84. The van der Waals surface area contributed by atoms with Gasteiger partial charge in [0.05, 0.1) is 0 Å². The number of benzene rings is 3. The summed E-state index contributed by atoms with van der Waals surface area (Å²) in [7, 11) is 0. The minimum Gasteiger partial charge on any atom is -0.0654 e. The van der Waals surface area contributed by atoms with Crippen LogP contribution in [-0.2, 0) is 17.3 Å². The fourth-order valence-corrected chi connectivity index (χ4v) is 4.98. The Balaban J connectivity index is 1.62. The minimum absolute atomic E-state index is 0.00593. The summed E-state index contributed by atoms with van der Waals surface area (Å²) in [5, 5.41) is 0. The van der Waals surface area contributed by atoms with Gasteiger partial charge in [-0.2, -0.15) is 0 Å². The van der Waals surface area contributed by atoms with E-state index in [2.05, 4.69) is 114 Å². The molecule has 0 heteroatoms. The van der Waals surface area contributed by atoms with Crippen LogP contribution < -0.4 is 0 Å². The largest absolute Gasteiger partial charge is 0.0654 e. The predicted octanol–water partition coefficient (Wildman–Crippen LogP) is 9.94. The third-order valence-electron chi connectivity index (χ3n) is 7.85. The summed E-state index contributed by atoms with van der Waals surface area (Å²) in [4.78, 5) is 0. The number of rotatable bonds is 12. The van der Waals surface area contributed by atoms with Crippen LogP contribution in [0.3, 0.4) is 0 Å². The highest BCUT2D eigenvalue weighted by molar-refractivity contribution is 5.44. The first-order chi connectivity index (χ1) is 16.2. The monoisotopic (exact) mass is 454 g/mol. The van der Waals surface area contributed by atoms with Gasteiger partial charge in [-0.3, -0.25) is 0 Å². The molecule has 0 amide bonds. The van der Waals surface area contributed by atoms with Crippen molar-refractivity contribution in [3.63, 3.8) is 0 Å². The van der Waals surface area contributed by atoms with Crippen molar-refractivity contribution in [1.29, 1.82) is 0 Å². The summed E-state index contributed by atoms with van der Waals surface area (Å²) in [6.45, 7) is 13.8. The van der Waals surface area contributed by atoms with E-state index in [1.807, 2.05) is 0 Å². The molecule has 0 bridgehead atoms. The second kappa shape index (κ2) is 11.9. The Bertz CT molecular complexity index is 985. The molecular weight excluding hydrogens is 408 g/mol. The van der Waals surface area contributed by atoms with Gasteiger partial charge in [0, 0.05) is 10.8 Å². The third-order valence-corrected chi connectivity index (χ3v) is 7.85. The Morgan fingerprint density at radius 1 is 0.471 bits per heavy atom. The van der Waals surface area contributed by atoms with E-state index in [-0.39, 0.29) is 10.8 Å². The first kappa shape index (κ1) is 26.3. The number of aryl methyl sites for hydroxylation is 2. The number of hydrogen-bond acceptors (Lipinski definition) is 0. The van der Waals surface area contributed by atoms with Crippen molar-refractivity contribution in [1.82, 2.24) is 0 Å². The Labute approximate surface area is 209 Å². The first-order valence-corrected chi connectivity index (χ1v) is 13.5. The fourth-order valence-electron chi connectivity index (χ4n) is 4.98. The highest BCUT2D eigenvalue weighted by atomic mass is 14.3. The number of unbranched alkanes of at least 4 members (excludes halogenated alkanes) is 6. The van der Waals surface area contributed by atoms with E-state index in [1.54, 1.807) is 0 Å². The summed E-state index contributed by atoms with van der Waals surface area (Å²) < 4.78 is 0. The molecule has 182 valence electrons. The van der Waals surface area contributed by atoms with Crippen LogP contribution >= 0.6 is 0 Å². The average molecular weight is 455 g/mol. The molecule has 3 aromatic carbocycles. The molecule has 0 unspecified atom stereocenters. The van der Waals surface area contributed by atoms with Gasteiger partial charge in [-0.25, -0.2) is 0 Å². The summed E-state index contributed by atoms with van der Waals surface area (Å²) in [5.74, 6) is 0. The molecule has 0 aliphatic heterocycles. The molecule has 0 spiro atoms. The molecule has 0 nitrogen and oxygen atoms in total. The van der Waals surface area contributed by atoms with Crippen molar-refractivity contribution in [3.8, 4) is 0 Å². The van der Waals surface area contributed by atoms with E-state index in [0.717, 1.165) is 0 Å². The van der Waals surface area contributed by atoms with Gasteiger partial charge in [-0.15, -0.1) is 0 Å². The molecule has 0 heterocycles. The lowest BCUT2D eigenvalue weighted by Crippen LogP contribution is -2.21. The quantitative estimate of drug-likeness (QED) is 0.239. The van der Waals surface area contributed by atoms with Crippen LogP contribution in [0.1, 0.15) is 113 Å². The van der Waals surface area contributed by atoms with Gasteiger partial charge in [0.25, 0.3) is 0 Å². The van der Waals surface area contributed by atoms with Gasteiger partial charge in [0.2, 0.25) is 0 Å². The summed E-state index contributed by atoms with van der Waals surface area (Å²) >= 11 is 0. The lowest BCUT2D eigenvalue weighted by molar-refractivity contribution is 0.589. The SMILES string of the molecule is CCCCCCCCCc1ccc(C(C)(C)c2ccc(C(C)(C)c3ccc(C)cc3)cc2)cc1. The lowest BCUT2D eigenvalue weighted by Gasteiger charge is -2.29. The Morgan fingerprint density at radius 3 is 1.26 bits per heavy atom. The van der Waals surface area contributed by atoms with Crippen LogP contribution in [0.5, 0.6) is 0 Å². The Hall–Kier alpha value is -2.34. The molecule has 3 rings (SSSR count). The maximum absolute atomic E-state index is 2.35. The second-order valence-corrected chi connectivity index (χ2v) is 11.3. The van der Waals surface area contributed by atoms with Crippen molar-refractivity contribution in [2.45, 2.75) is 104 Å². The van der Waals surface area contributed by atoms with E-state index in [9.17, 15) is 0 Å². The molecule has 0 aromatic heterocycles. The highest BCUT2D eigenvalue weighted by Crippen LogP contribution is 2.36. The molecule has 0 atom stereocenters. The molecule has 0 aliphatic rings. The third kappa shape index (κ3) is 6.62.